The molecule has 2 N–H and O–H groups in total. The molecule has 1 unspecified atom stereocenters. The van der Waals surface area contributed by atoms with E-state index in [9.17, 15) is 9.90 Å². The SMILES string of the molecule is Cc1cc(C)c(C(=O)NC(C)(CO)C2CCCCC2)o1. The van der Waals surface area contributed by atoms with E-state index in [0.29, 0.717) is 11.7 Å². The van der Waals surface area contributed by atoms with Crippen molar-refractivity contribution < 1.29 is 14.3 Å². The van der Waals surface area contributed by atoms with E-state index in [4.69, 9.17) is 4.42 Å². The van der Waals surface area contributed by atoms with Gasteiger partial charge in [0.25, 0.3) is 5.91 Å². The number of aliphatic hydroxyl groups is 1. The summed E-state index contributed by atoms with van der Waals surface area (Å²) < 4.78 is 5.46. The number of amides is 1. The van der Waals surface area contributed by atoms with Gasteiger partial charge in [-0.2, -0.15) is 0 Å². The Kier molecular flexibility index (Phi) is 4.53. The van der Waals surface area contributed by atoms with Gasteiger partial charge in [-0.3, -0.25) is 4.79 Å². The van der Waals surface area contributed by atoms with Crippen LogP contribution >= 0.6 is 0 Å². The van der Waals surface area contributed by atoms with E-state index >= 15 is 0 Å². The molecular weight excluding hydrogens is 254 g/mol. The highest BCUT2D eigenvalue weighted by atomic mass is 16.3. The summed E-state index contributed by atoms with van der Waals surface area (Å²) in [6, 6.07) is 1.85. The van der Waals surface area contributed by atoms with Crippen molar-refractivity contribution >= 4 is 5.91 Å². The number of carbonyl (C=O) groups is 1. The molecule has 1 aliphatic rings. The standard InChI is InChI=1S/C16H25NO3/c1-11-9-12(2)20-14(11)15(19)17-16(3,10-18)13-7-5-4-6-8-13/h9,13,18H,4-8,10H2,1-3H3,(H,17,19). The summed E-state index contributed by atoms with van der Waals surface area (Å²) in [7, 11) is 0. The molecule has 1 fully saturated rings. The molecule has 112 valence electrons. The topological polar surface area (TPSA) is 62.5 Å². The fourth-order valence-electron chi connectivity index (χ4n) is 3.19. The van der Waals surface area contributed by atoms with E-state index in [2.05, 4.69) is 5.32 Å². The van der Waals surface area contributed by atoms with Crippen LogP contribution in [0.5, 0.6) is 0 Å². The number of nitrogens with one attached hydrogen (secondary N) is 1. The van der Waals surface area contributed by atoms with Gasteiger partial charge in [-0.15, -0.1) is 0 Å². The molecule has 0 radical (unpaired) electrons. The Morgan fingerprint density at radius 3 is 2.55 bits per heavy atom. The zero-order valence-electron chi connectivity index (χ0n) is 12.7. The molecule has 1 aromatic rings. The van der Waals surface area contributed by atoms with Crippen molar-refractivity contribution in [2.75, 3.05) is 6.61 Å². The van der Waals surface area contributed by atoms with Gasteiger partial charge in [0, 0.05) is 5.56 Å². The Balaban J connectivity index is 2.12. The highest BCUT2D eigenvalue weighted by Crippen LogP contribution is 2.32. The molecule has 4 heteroatoms. The van der Waals surface area contributed by atoms with Gasteiger partial charge in [0.05, 0.1) is 12.1 Å². The maximum atomic E-state index is 12.4. The van der Waals surface area contributed by atoms with Crippen LogP contribution in [-0.4, -0.2) is 23.2 Å². The van der Waals surface area contributed by atoms with Crippen molar-refractivity contribution in [2.45, 2.75) is 58.4 Å². The van der Waals surface area contributed by atoms with Crippen LogP contribution in [0.1, 0.15) is 60.9 Å². The lowest BCUT2D eigenvalue weighted by atomic mass is 9.76. The minimum atomic E-state index is -0.565. The fourth-order valence-corrected chi connectivity index (χ4v) is 3.19. The van der Waals surface area contributed by atoms with Crippen LogP contribution in [0.4, 0.5) is 0 Å². The molecule has 20 heavy (non-hydrogen) atoms. The molecule has 1 heterocycles. The third-order valence-electron chi connectivity index (χ3n) is 4.48. The smallest absolute Gasteiger partial charge is 0.287 e. The average Bonchev–Trinajstić information content (AvgIpc) is 2.78. The zero-order valence-corrected chi connectivity index (χ0v) is 12.7. The Morgan fingerprint density at radius 1 is 1.40 bits per heavy atom. The second kappa shape index (κ2) is 6.00. The number of rotatable bonds is 4. The monoisotopic (exact) mass is 279 g/mol. The first-order chi connectivity index (χ1) is 9.46. The predicted molar refractivity (Wildman–Crippen MR) is 77.7 cm³/mol. The van der Waals surface area contributed by atoms with E-state index in [-0.39, 0.29) is 12.5 Å². The quantitative estimate of drug-likeness (QED) is 0.890. The first-order valence-electron chi connectivity index (χ1n) is 7.46. The third kappa shape index (κ3) is 3.06. The summed E-state index contributed by atoms with van der Waals surface area (Å²) in [5, 5.41) is 12.8. The lowest BCUT2D eigenvalue weighted by molar-refractivity contribution is 0.0655. The first-order valence-corrected chi connectivity index (χ1v) is 7.46. The van der Waals surface area contributed by atoms with Crippen LogP contribution < -0.4 is 5.32 Å². The van der Waals surface area contributed by atoms with Crippen molar-refractivity contribution in [3.63, 3.8) is 0 Å². The summed E-state index contributed by atoms with van der Waals surface area (Å²) in [6.45, 7) is 5.59. The van der Waals surface area contributed by atoms with Gasteiger partial charge in [0.2, 0.25) is 0 Å². The van der Waals surface area contributed by atoms with Gasteiger partial charge in [0.1, 0.15) is 5.76 Å². The molecule has 0 bridgehead atoms. The number of hydrogen-bond donors (Lipinski definition) is 2. The van der Waals surface area contributed by atoms with E-state index in [1.165, 1.54) is 19.3 Å². The number of aliphatic hydroxyl groups excluding tert-OH is 1. The largest absolute Gasteiger partial charge is 0.456 e. The van der Waals surface area contributed by atoms with Gasteiger partial charge in [0.15, 0.2) is 5.76 Å². The maximum absolute atomic E-state index is 12.4. The maximum Gasteiger partial charge on any atom is 0.287 e. The van der Waals surface area contributed by atoms with Gasteiger partial charge < -0.3 is 14.8 Å². The first kappa shape index (κ1) is 15.1. The molecule has 1 aliphatic carbocycles. The molecule has 1 atom stereocenters. The molecular formula is C16H25NO3. The van der Waals surface area contributed by atoms with Gasteiger partial charge >= 0.3 is 0 Å². The second-order valence-corrected chi connectivity index (χ2v) is 6.23. The summed E-state index contributed by atoms with van der Waals surface area (Å²) in [5.41, 5.74) is 0.272. The van der Waals surface area contributed by atoms with E-state index in [0.717, 1.165) is 24.2 Å². The number of aryl methyl sites for hydroxylation is 2. The molecule has 2 rings (SSSR count). The summed E-state index contributed by atoms with van der Waals surface area (Å²) in [5.74, 6) is 1.20. The van der Waals surface area contributed by atoms with E-state index in [1.54, 1.807) is 0 Å². The van der Waals surface area contributed by atoms with E-state index in [1.807, 2.05) is 26.8 Å². The molecule has 0 aliphatic heterocycles. The molecule has 0 saturated heterocycles. The highest BCUT2D eigenvalue weighted by molar-refractivity contribution is 5.93. The number of carbonyl (C=O) groups excluding carboxylic acids is 1. The minimum Gasteiger partial charge on any atom is -0.456 e. The lowest BCUT2D eigenvalue weighted by Crippen LogP contribution is -2.54. The van der Waals surface area contributed by atoms with Gasteiger partial charge in [-0.05, 0) is 45.6 Å². The van der Waals surface area contributed by atoms with Crippen molar-refractivity contribution in [1.82, 2.24) is 5.32 Å². The van der Waals surface area contributed by atoms with Crippen molar-refractivity contribution in [1.29, 1.82) is 0 Å². The minimum absolute atomic E-state index is 0.0395. The molecule has 0 aromatic carbocycles. The van der Waals surface area contributed by atoms with Crippen LogP contribution in [0.3, 0.4) is 0 Å². The summed E-state index contributed by atoms with van der Waals surface area (Å²) >= 11 is 0. The molecule has 1 aromatic heterocycles. The van der Waals surface area contributed by atoms with Crippen LogP contribution in [0.2, 0.25) is 0 Å². The Hall–Kier alpha value is -1.29. The second-order valence-electron chi connectivity index (χ2n) is 6.23. The average molecular weight is 279 g/mol. The summed E-state index contributed by atoms with van der Waals surface area (Å²) in [4.78, 5) is 12.4. The Morgan fingerprint density at radius 2 is 2.05 bits per heavy atom. The van der Waals surface area contributed by atoms with Crippen molar-refractivity contribution in [3.8, 4) is 0 Å². The van der Waals surface area contributed by atoms with Crippen molar-refractivity contribution in [2.24, 2.45) is 5.92 Å². The zero-order chi connectivity index (χ0) is 14.8. The van der Waals surface area contributed by atoms with Crippen LogP contribution in [0.25, 0.3) is 0 Å². The number of hydrogen-bond acceptors (Lipinski definition) is 3. The molecule has 4 nitrogen and oxygen atoms in total. The Bertz CT molecular complexity index is 474. The molecule has 1 amide bonds. The molecule has 1 saturated carbocycles. The van der Waals surface area contributed by atoms with Crippen LogP contribution in [0.15, 0.2) is 10.5 Å². The Labute approximate surface area is 120 Å². The van der Waals surface area contributed by atoms with Gasteiger partial charge in [-0.1, -0.05) is 19.3 Å². The predicted octanol–water partition coefficient (Wildman–Crippen LogP) is 2.96. The van der Waals surface area contributed by atoms with Gasteiger partial charge in [-0.25, -0.2) is 0 Å². The molecule has 0 spiro atoms. The van der Waals surface area contributed by atoms with Crippen molar-refractivity contribution in [3.05, 3.63) is 23.2 Å². The number of furan rings is 1. The third-order valence-corrected chi connectivity index (χ3v) is 4.48. The normalized spacial score (nSPS) is 19.6. The fraction of sp³-hybridized carbons (Fsp3) is 0.688. The van der Waals surface area contributed by atoms with Crippen LogP contribution in [-0.2, 0) is 0 Å². The van der Waals surface area contributed by atoms with Crippen LogP contribution in [0, 0.1) is 19.8 Å². The summed E-state index contributed by atoms with van der Waals surface area (Å²) in [6.07, 6.45) is 5.73. The highest BCUT2D eigenvalue weighted by Gasteiger charge is 2.36. The lowest BCUT2D eigenvalue weighted by Gasteiger charge is -2.39. The van der Waals surface area contributed by atoms with E-state index < -0.39 is 5.54 Å².